The summed E-state index contributed by atoms with van der Waals surface area (Å²) in [6.07, 6.45) is 0. The molecule has 0 unspecified atom stereocenters. The first-order valence-electron chi connectivity index (χ1n) is 9.20. The van der Waals surface area contributed by atoms with Gasteiger partial charge in [0.15, 0.2) is 16.6 Å². The van der Waals surface area contributed by atoms with Gasteiger partial charge in [-0.2, -0.15) is 0 Å². The highest BCUT2D eigenvalue weighted by Crippen LogP contribution is 2.39. The molecule has 0 atom stereocenters. The van der Waals surface area contributed by atoms with Crippen molar-refractivity contribution in [2.45, 2.75) is 0 Å². The summed E-state index contributed by atoms with van der Waals surface area (Å²) in [6.45, 7) is 1.14. The van der Waals surface area contributed by atoms with Crippen LogP contribution in [0.1, 0.15) is 10.4 Å². The quantitative estimate of drug-likeness (QED) is 0.464. The van der Waals surface area contributed by atoms with Gasteiger partial charge in [-0.15, -0.1) is 12.4 Å². The van der Waals surface area contributed by atoms with Crippen LogP contribution in [0, 0.1) is 0 Å². The number of likely N-dealkylation sites (N-methyl/N-ethyl adjacent to an activating group) is 1. The normalized spacial score (nSPS) is 10.7. The van der Waals surface area contributed by atoms with Gasteiger partial charge in [0.05, 0.1) is 31.5 Å². The molecule has 0 saturated carbocycles. The van der Waals surface area contributed by atoms with Crippen molar-refractivity contribution in [1.82, 2.24) is 9.88 Å². The fraction of sp³-hybridized carbons (Fsp3) is 0.333. The van der Waals surface area contributed by atoms with Crippen LogP contribution in [0.25, 0.3) is 10.2 Å². The standard InChI is InChI=1S/C21H24ClN3O4S.ClH/c1-24(2)8-9-25(21-23-15-7-6-14(22)12-18(15)30-21)20(26)13-10-16(27-3)19(29-5)17(11-13)28-4;/h6-7,10-12H,8-9H2,1-5H3;1H. The molecule has 0 fully saturated rings. The van der Waals surface area contributed by atoms with Crippen molar-refractivity contribution < 1.29 is 19.0 Å². The Kier molecular flexibility index (Phi) is 8.76. The van der Waals surface area contributed by atoms with Crippen molar-refractivity contribution in [3.8, 4) is 17.2 Å². The number of carbonyl (C=O) groups is 1. The number of halogens is 2. The van der Waals surface area contributed by atoms with E-state index in [4.69, 9.17) is 25.8 Å². The first-order valence-corrected chi connectivity index (χ1v) is 10.4. The molecule has 3 rings (SSSR count). The lowest BCUT2D eigenvalue weighted by Gasteiger charge is -2.23. The average molecular weight is 486 g/mol. The molecular weight excluding hydrogens is 461 g/mol. The Morgan fingerprint density at radius 1 is 1.03 bits per heavy atom. The van der Waals surface area contributed by atoms with E-state index in [2.05, 4.69) is 4.98 Å². The number of thiazole rings is 1. The van der Waals surface area contributed by atoms with Gasteiger partial charge in [-0.3, -0.25) is 9.69 Å². The Morgan fingerprint density at radius 3 is 2.23 bits per heavy atom. The summed E-state index contributed by atoms with van der Waals surface area (Å²) in [5.74, 6) is 1.07. The number of aromatic nitrogens is 1. The van der Waals surface area contributed by atoms with E-state index >= 15 is 0 Å². The van der Waals surface area contributed by atoms with Crippen LogP contribution in [0.2, 0.25) is 5.02 Å². The smallest absolute Gasteiger partial charge is 0.260 e. The lowest BCUT2D eigenvalue weighted by atomic mass is 10.1. The third-order valence-electron chi connectivity index (χ3n) is 4.50. The first-order chi connectivity index (χ1) is 14.4. The molecule has 0 bridgehead atoms. The van der Waals surface area contributed by atoms with E-state index in [9.17, 15) is 4.79 Å². The highest BCUT2D eigenvalue weighted by atomic mass is 35.5. The lowest BCUT2D eigenvalue weighted by molar-refractivity contribution is 0.0984. The van der Waals surface area contributed by atoms with E-state index in [0.29, 0.717) is 46.1 Å². The van der Waals surface area contributed by atoms with Crippen LogP contribution < -0.4 is 19.1 Å². The molecule has 0 saturated heterocycles. The van der Waals surface area contributed by atoms with Crippen molar-refractivity contribution in [1.29, 1.82) is 0 Å². The number of fused-ring (bicyclic) bond motifs is 1. The molecule has 1 aromatic heterocycles. The molecule has 7 nitrogen and oxygen atoms in total. The number of hydrogen-bond donors (Lipinski definition) is 0. The summed E-state index contributed by atoms with van der Waals surface area (Å²) >= 11 is 7.54. The summed E-state index contributed by atoms with van der Waals surface area (Å²) in [5.41, 5.74) is 1.22. The first kappa shape index (κ1) is 25.0. The summed E-state index contributed by atoms with van der Waals surface area (Å²) in [6, 6.07) is 8.80. The van der Waals surface area contributed by atoms with E-state index in [-0.39, 0.29) is 18.3 Å². The van der Waals surface area contributed by atoms with Crippen molar-refractivity contribution in [3.05, 3.63) is 40.9 Å². The Morgan fingerprint density at radius 2 is 1.68 bits per heavy atom. The monoisotopic (exact) mass is 485 g/mol. The minimum atomic E-state index is -0.207. The second-order valence-electron chi connectivity index (χ2n) is 6.78. The van der Waals surface area contributed by atoms with E-state index in [1.54, 1.807) is 23.1 Å². The molecule has 10 heteroatoms. The Labute approximate surface area is 196 Å². The van der Waals surface area contributed by atoms with Crippen molar-refractivity contribution in [2.24, 2.45) is 0 Å². The van der Waals surface area contributed by atoms with Gasteiger partial charge < -0.3 is 19.1 Å². The largest absolute Gasteiger partial charge is 0.493 e. The zero-order valence-electron chi connectivity index (χ0n) is 18.0. The second-order valence-corrected chi connectivity index (χ2v) is 8.23. The van der Waals surface area contributed by atoms with E-state index in [1.165, 1.54) is 32.7 Å². The maximum absolute atomic E-state index is 13.5. The molecule has 0 spiro atoms. The van der Waals surface area contributed by atoms with Crippen molar-refractivity contribution in [3.63, 3.8) is 0 Å². The molecule has 2 aromatic carbocycles. The van der Waals surface area contributed by atoms with Crippen LogP contribution in [0.5, 0.6) is 17.2 Å². The molecular formula is C21H25Cl2N3O4S. The van der Waals surface area contributed by atoms with Gasteiger partial charge in [-0.05, 0) is 44.4 Å². The predicted molar refractivity (Wildman–Crippen MR) is 128 cm³/mol. The molecule has 168 valence electrons. The van der Waals surface area contributed by atoms with Gasteiger partial charge in [-0.1, -0.05) is 22.9 Å². The zero-order chi connectivity index (χ0) is 21.8. The Balaban J connectivity index is 0.00000341. The Bertz CT molecular complexity index is 1030. The molecule has 0 aliphatic heterocycles. The number of anilines is 1. The minimum absolute atomic E-state index is 0. The molecule has 0 radical (unpaired) electrons. The van der Waals surface area contributed by atoms with Crippen LogP contribution in [-0.2, 0) is 0 Å². The fourth-order valence-corrected chi connectivity index (χ4v) is 4.21. The highest BCUT2D eigenvalue weighted by molar-refractivity contribution is 7.22. The molecule has 1 amide bonds. The van der Waals surface area contributed by atoms with Crippen LogP contribution >= 0.6 is 35.3 Å². The van der Waals surface area contributed by atoms with Crippen LogP contribution in [0.3, 0.4) is 0 Å². The number of methoxy groups -OCH3 is 3. The van der Waals surface area contributed by atoms with Gasteiger partial charge in [0.1, 0.15) is 0 Å². The summed E-state index contributed by atoms with van der Waals surface area (Å²) in [7, 11) is 8.48. The molecule has 0 N–H and O–H groups in total. The predicted octanol–water partition coefficient (Wildman–Crippen LogP) is 4.61. The van der Waals surface area contributed by atoms with Crippen LogP contribution in [0.4, 0.5) is 5.13 Å². The van der Waals surface area contributed by atoms with Gasteiger partial charge in [0.2, 0.25) is 5.75 Å². The van der Waals surface area contributed by atoms with Crippen LogP contribution in [0.15, 0.2) is 30.3 Å². The van der Waals surface area contributed by atoms with Gasteiger partial charge in [0, 0.05) is 23.7 Å². The molecule has 1 heterocycles. The highest BCUT2D eigenvalue weighted by Gasteiger charge is 2.24. The SMILES string of the molecule is COc1cc(C(=O)N(CCN(C)C)c2nc3ccc(Cl)cc3s2)cc(OC)c1OC.Cl. The van der Waals surface area contributed by atoms with Gasteiger partial charge in [0.25, 0.3) is 5.91 Å². The fourth-order valence-electron chi connectivity index (χ4n) is 2.95. The number of carbonyl (C=O) groups excluding carboxylic acids is 1. The maximum atomic E-state index is 13.5. The molecule has 31 heavy (non-hydrogen) atoms. The number of ether oxygens (including phenoxy) is 3. The number of rotatable bonds is 8. The van der Waals surface area contributed by atoms with E-state index in [1.807, 2.05) is 31.1 Å². The molecule has 0 aliphatic carbocycles. The number of amides is 1. The van der Waals surface area contributed by atoms with Crippen molar-refractivity contribution in [2.75, 3.05) is 53.4 Å². The maximum Gasteiger partial charge on any atom is 0.260 e. The number of nitrogens with zero attached hydrogens (tertiary/aromatic N) is 3. The van der Waals surface area contributed by atoms with Crippen molar-refractivity contribution >= 4 is 56.6 Å². The third kappa shape index (κ3) is 5.51. The number of benzene rings is 2. The van der Waals surface area contributed by atoms with Gasteiger partial charge >= 0.3 is 0 Å². The molecule has 0 aliphatic rings. The summed E-state index contributed by atoms with van der Waals surface area (Å²) < 4.78 is 17.1. The zero-order valence-corrected chi connectivity index (χ0v) is 20.4. The van der Waals surface area contributed by atoms with E-state index in [0.717, 1.165) is 10.2 Å². The summed E-state index contributed by atoms with van der Waals surface area (Å²) in [4.78, 5) is 21.9. The Hall–Kier alpha value is -2.26. The van der Waals surface area contributed by atoms with Crippen LogP contribution in [-0.4, -0.2) is 64.3 Å². The topological polar surface area (TPSA) is 64.1 Å². The van der Waals surface area contributed by atoms with Gasteiger partial charge in [-0.25, -0.2) is 4.98 Å². The number of hydrogen-bond acceptors (Lipinski definition) is 7. The third-order valence-corrected chi connectivity index (χ3v) is 5.77. The second kappa shape index (κ2) is 10.9. The lowest BCUT2D eigenvalue weighted by Crippen LogP contribution is -2.36. The molecule has 3 aromatic rings. The summed E-state index contributed by atoms with van der Waals surface area (Å²) in [5, 5.41) is 1.24. The average Bonchev–Trinajstić information content (AvgIpc) is 3.14. The minimum Gasteiger partial charge on any atom is -0.493 e. The van der Waals surface area contributed by atoms with E-state index < -0.39 is 0 Å².